The molecule has 2 aliphatic heterocycles. The zero-order chi connectivity index (χ0) is 18.3. The SMILES string of the molecule is O=Cc1ccc(O[C@@H]2C[C@@H]3CN(C(=O)O)c4nnc(Cl)cc4N3C2)cc1. The topological polar surface area (TPSA) is 95.9 Å². The van der Waals surface area contributed by atoms with Crippen LogP contribution in [0.1, 0.15) is 16.8 Å². The van der Waals surface area contributed by atoms with Crippen LogP contribution in [0, 0.1) is 0 Å². The molecule has 0 saturated carbocycles. The van der Waals surface area contributed by atoms with Gasteiger partial charge in [-0.05, 0) is 24.3 Å². The van der Waals surface area contributed by atoms with E-state index in [4.69, 9.17) is 16.3 Å². The van der Waals surface area contributed by atoms with E-state index >= 15 is 0 Å². The highest BCUT2D eigenvalue weighted by Crippen LogP contribution is 2.39. The second kappa shape index (κ2) is 6.45. The molecule has 2 aromatic rings. The number of carbonyl (C=O) groups is 2. The van der Waals surface area contributed by atoms with E-state index in [9.17, 15) is 14.7 Å². The summed E-state index contributed by atoms with van der Waals surface area (Å²) in [6.45, 7) is 0.880. The van der Waals surface area contributed by atoms with Crippen LogP contribution >= 0.6 is 11.6 Å². The molecule has 1 amide bonds. The van der Waals surface area contributed by atoms with Gasteiger partial charge in [-0.1, -0.05) is 11.6 Å². The molecule has 1 fully saturated rings. The molecule has 2 aliphatic rings. The van der Waals surface area contributed by atoms with E-state index < -0.39 is 6.09 Å². The minimum atomic E-state index is -1.07. The summed E-state index contributed by atoms with van der Waals surface area (Å²) in [7, 11) is 0. The molecule has 1 saturated heterocycles. The number of nitrogens with zero attached hydrogens (tertiary/aromatic N) is 4. The Morgan fingerprint density at radius 2 is 2.04 bits per heavy atom. The summed E-state index contributed by atoms with van der Waals surface area (Å²) in [4.78, 5) is 25.6. The second-order valence-corrected chi connectivity index (χ2v) is 6.62. The Balaban J connectivity index is 1.57. The lowest BCUT2D eigenvalue weighted by atomic mass is 10.1. The van der Waals surface area contributed by atoms with E-state index in [2.05, 4.69) is 15.1 Å². The molecule has 1 aromatic carbocycles. The van der Waals surface area contributed by atoms with Gasteiger partial charge in [0, 0.05) is 18.1 Å². The lowest BCUT2D eigenvalue weighted by molar-refractivity contribution is 0.112. The lowest BCUT2D eigenvalue weighted by Crippen LogP contribution is -2.48. The van der Waals surface area contributed by atoms with Gasteiger partial charge in [-0.2, -0.15) is 0 Å². The van der Waals surface area contributed by atoms with Gasteiger partial charge < -0.3 is 14.7 Å². The molecule has 0 radical (unpaired) electrons. The molecule has 8 nitrogen and oxygen atoms in total. The Labute approximate surface area is 153 Å². The maximum absolute atomic E-state index is 11.6. The molecule has 3 heterocycles. The number of aromatic nitrogens is 2. The average molecular weight is 375 g/mol. The smallest absolute Gasteiger partial charge is 0.413 e. The average Bonchev–Trinajstić information content (AvgIpc) is 3.04. The fourth-order valence-electron chi connectivity index (χ4n) is 3.47. The van der Waals surface area contributed by atoms with Gasteiger partial charge in [0.05, 0.1) is 24.8 Å². The third-order valence-electron chi connectivity index (χ3n) is 4.61. The van der Waals surface area contributed by atoms with Crippen LogP contribution < -0.4 is 14.5 Å². The second-order valence-electron chi connectivity index (χ2n) is 6.24. The minimum absolute atomic E-state index is 0.0295. The van der Waals surface area contributed by atoms with E-state index in [-0.39, 0.29) is 23.1 Å². The fraction of sp³-hybridized carbons (Fsp3) is 0.294. The number of fused-ring (bicyclic) bond motifs is 3. The Hall–Kier alpha value is -2.87. The van der Waals surface area contributed by atoms with Crippen LogP contribution in [0.15, 0.2) is 30.3 Å². The number of anilines is 2. The predicted octanol–water partition coefficient (Wildman–Crippen LogP) is 2.47. The van der Waals surface area contributed by atoms with Crippen LogP contribution in [0.3, 0.4) is 0 Å². The Morgan fingerprint density at radius 3 is 2.73 bits per heavy atom. The van der Waals surface area contributed by atoms with Gasteiger partial charge in [-0.15, -0.1) is 10.2 Å². The zero-order valence-corrected chi connectivity index (χ0v) is 14.3. The molecule has 1 aromatic heterocycles. The van der Waals surface area contributed by atoms with E-state index in [0.29, 0.717) is 36.5 Å². The van der Waals surface area contributed by atoms with Crippen molar-refractivity contribution in [2.24, 2.45) is 0 Å². The highest BCUT2D eigenvalue weighted by Gasteiger charge is 2.42. The van der Waals surface area contributed by atoms with Crippen molar-refractivity contribution in [3.05, 3.63) is 41.0 Å². The Bertz CT molecular complexity index is 860. The van der Waals surface area contributed by atoms with Crippen molar-refractivity contribution in [2.75, 3.05) is 22.9 Å². The van der Waals surface area contributed by atoms with Crippen molar-refractivity contribution in [1.82, 2.24) is 10.2 Å². The van der Waals surface area contributed by atoms with E-state index in [0.717, 1.165) is 6.29 Å². The third-order valence-corrected chi connectivity index (χ3v) is 4.79. The summed E-state index contributed by atoms with van der Waals surface area (Å²) in [5, 5.41) is 17.4. The number of hydrogen-bond donors (Lipinski definition) is 1. The maximum Gasteiger partial charge on any atom is 0.413 e. The Kier molecular flexibility index (Phi) is 4.12. The van der Waals surface area contributed by atoms with Crippen LogP contribution in [0.4, 0.5) is 16.3 Å². The molecule has 0 unspecified atom stereocenters. The van der Waals surface area contributed by atoms with Gasteiger partial charge >= 0.3 is 6.09 Å². The first kappa shape index (κ1) is 16.6. The van der Waals surface area contributed by atoms with Crippen LogP contribution in [0.25, 0.3) is 0 Å². The molecule has 1 N–H and O–H groups in total. The summed E-state index contributed by atoms with van der Waals surface area (Å²) in [5.74, 6) is 0.954. The largest absolute Gasteiger partial charge is 0.489 e. The van der Waals surface area contributed by atoms with Crippen molar-refractivity contribution < 1.29 is 19.4 Å². The lowest BCUT2D eigenvalue weighted by Gasteiger charge is -2.37. The van der Waals surface area contributed by atoms with Gasteiger partial charge in [0.15, 0.2) is 11.0 Å². The maximum atomic E-state index is 11.6. The zero-order valence-electron chi connectivity index (χ0n) is 13.6. The number of rotatable bonds is 3. The molecule has 0 spiro atoms. The number of hydrogen-bond acceptors (Lipinski definition) is 6. The molecular formula is C17H15ClN4O4. The summed E-state index contributed by atoms with van der Waals surface area (Å²) < 4.78 is 6.02. The molecule has 0 aliphatic carbocycles. The Morgan fingerprint density at radius 1 is 1.27 bits per heavy atom. The van der Waals surface area contributed by atoms with E-state index in [1.54, 1.807) is 30.3 Å². The quantitative estimate of drug-likeness (QED) is 0.824. The molecule has 134 valence electrons. The van der Waals surface area contributed by atoms with Crippen LogP contribution in [-0.4, -0.2) is 52.9 Å². The van der Waals surface area contributed by atoms with Gasteiger partial charge in [0.25, 0.3) is 0 Å². The van der Waals surface area contributed by atoms with Crippen LogP contribution in [0.2, 0.25) is 5.15 Å². The van der Waals surface area contributed by atoms with Crippen LogP contribution in [0.5, 0.6) is 5.75 Å². The number of aldehydes is 1. The highest BCUT2D eigenvalue weighted by molar-refractivity contribution is 6.29. The molecule has 9 heteroatoms. The summed E-state index contributed by atoms with van der Waals surface area (Å²) in [6, 6.07) is 8.50. The number of amides is 1. The number of benzene rings is 1. The van der Waals surface area contributed by atoms with Crippen molar-refractivity contribution in [2.45, 2.75) is 18.6 Å². The van der Waals surface area contributed by atoms with Gasteiger partial charge in [0.1, 0.15) is 18.1 Å². The van der Waals surface area contributed by atoms with Gasteiger partial charge in [0.2, 0.25) is 0 Å². The predicted molar refractivity (Wildman–Crippen MR) is 94.4 cm³/mol. The number of halogens is 1. The normalized spacial score (nSPS) is 21.1. The van der Waals surface area contributed by atoms with E-state index in [1.165, 1.54) is 4.90 Å². The molecule has 2 atom stereocenters. The molecule has 0 bridgehead atoms. The molecule has 26 heavy (non-hydrogen) atoms. The first-order valence-corrected chi connectivity index (χ1v) is 8.45. The summed E-state index contributed by atoms with van der Waals surface area (Å²) in [5.41, 5.74) is 1.23. The third kappa shape index (κ3) is 2.92. The summed E-state index contributed by atoms with van der Waals surface area (Å²) >= 11 is 5.96. The van der Waals surface area contributed by atoms with Crippen molar-refractivity contribution in [3.8, 4) is 5.75 Å². The van der Waals surface area contributed by atoms with Crippen molar-refractivity contribution >= 4 is 35.5 Å². The first-order chi connectivity index (χ1) is 12.5. The minimum Gasteiger partial charge on any atom is -0.489 e. The van der Waals surface area contributed by atoms with Crippen molar-refractivity contribution in [3.63, 3.8) is 0 Å². The number of ether oxygens (including phenoxy) is 1. The van der Waals surface area contributed by atoms with E-state index in [1.807, 2.05) is 0 Å². The van der Waals surface area contributed by atoms with Crippen LogP contribution in [-0.2, 0) is 0 Å². The molecule has 4 rings (SSSR count). The summed E-state index contributed by atoms with van der Waals surface area (Å²) in [6.07, 6.45) is 0.257. The fourth-order valence-corrected chi connectivity index (χ4v) is 3.61. The number of carboxylic acid groups (broad SMARTS) is 1. The number of carbonyl (C=O) groups excluding carboxylic acids is 1. The van der Waals surface area contributed by atoms with Gasteiger partial charge in [-0.3, -0.25) is 9.69 Å². The van der Waals surface area contributed by atoms with Gasteiger partial charge in [-0.25, -0.2) is 4.79 Å². The van der Waals surface area contributed by atoms with Crippen molar-refractivity contribution in [1.29, 1.82) is 0 Å². The monoisotopic (exact) mass is 374 g/mol. The molecular weight excluding hydrogens is 360 g/mol. The first-order valence-electron chi connectivity index (χ1n) is 8.07. The highest BCUT2D eigenvalue weighted by atomic mass is 35.5. The standard InChI is InChI=1S/C17H15ClN4O4/c18-15-6-14-16(20-19-15)22(17(24)25)7-11-5-13(8-21(11)14)26-12-3-1-10(9-23)2-4-12/h1-4,6,9,11,13H,5,7-8H2,(H,24,25)/t11-,13-/m1/s1.